The minimum absolute atomic E-state index is 0.202. The van der Waals surface area contributed by atoms with Crippen molar-refractivity contribution in [2.75, 3.05) is 6.61 Å². The normalized spacial score (nSPS) is 12.6. The molecular weight excluding hydrogens is 196 g/mol. The van der Waals surface area contributed by atoms with Gasteiger partial charge in [-0.15, -0.1) is 0 Å². The average molecular weight is 218 g/mol. The van der Waals surface area contributed by atoms with Crippen LogP contribution in [0.1, 0.15) is 46.2 Å². The van der Waals surface area contributed by atoms with E-state index in [9.17, 15) is 5.11 Å². The molecule has 1 nitrogen and oxygen atoms in total. The van der Waals surface area contributed by atoms with Crippen LogP contribution in [0.25, 0.3) is 6.08 Å². The van der Waals surface area contributed by atoms with Gasteiger partial charge in [0.1, 0.15) is 0 Å². The Balaban J connectivity index is 3.59. The molecule has 1 unspecified atom stereocenters. The molecule has 88 valence electrons. The lowest BCUT2D eigenvalue weighted by Crippen LogP contribution is -2.08. The standard InChI is InChI=1S/C15H22O/c1-7-14-10(3)12(5)15(9(2)8-16)13(6)11(14)4/h7,9,16H,1,8H2,2-6H3. The highest BCUT2D eigenvalue weighted by Gasteiger charge is 2.16. The van der Waals surface area contributed by atoms with Crippen LogP contribution in [0.5, 0.6) is 0 Å². The summed E-state index contributed by atoms with van der Waals surface area (Å²) in [4.78, 5) is 0. The first-order chi connectivity index (χ1) is 7.45. The molecule has 0 aliphatic heterocycles. The molecular formula is C15H22O. The molecule has 0 spiro atoms. The first-order valence-electron chi connectivity index (χ1n) is 5.79. The Hall–Kier alpha value is -1.08. The Labute approximate surface area is 98.8 Å². The molecule has 1 N–H and O–H groups in total. The summed E-state index contributed by atoms with van der Waals surface area (Å²) in [5.41, 5.74) is 7.69. The Morgan fingerprint density at radius 1 is 1.06 bits per heavy atom. The third-order valence-electron chi connectivity index (χ3n) is 3.71. The van der Waals surface area contributed by atoms with E-state index in [-0.39, 0.29) is 12.5 Å². The van der Waals surface area contributed by atoms with Gasteiger partial charge in [-0.3, -0.25) is 0 Å². The monoisotopic (exact) mass is 218 g/mol. The van der Waals surface area contributed by atoms with E-state index in [0.717, 1.165) is 0 Å². The summed E-state index contributed by atoms with van der Waals surface area (Å²) in [5, 5.41) is 9.33. The SMILES string of the molecule is C=Cc1c(C)c(C)c(C(C)CO)c(C)c1C. The van der Waals surface area contributed by atoms with E-state index in [1.54, 1.807) is 0 Å². The number of aliphatic hydroxyl groups excluding tert-OH is 1. The van der Waals surface area contributed by atoms with Crippen LogP contribution in [0.4, 0.5) is 0 Å². The van der Waals surface area contributed by atoms with Crippen molar-refractivity contribution in [3.63, 3.8) is 0 Å². The van der Waals surface area contributed by atoms with Crippen molar-refractivity contribution >= 4 is 6.08 Å². The van der Waals surface area contributed by atoms with E-state index < -0.39 is 0 Å². The topological polar surface area (TPSA) is 20.2 Å². The van der Waals surface area contributed by atoms with Crippen molar-refractivity contribution in [2.45, 2.75) is 40.5 Å². The molecule has 0 saturated carbocycles. The Morgan fingerprint density at radius 3 is 1.81 bits per heavy atom. The molecule has 0 aliphatic carbocycles. The fourth-order valence-electron chi connectivity index (χ4n) is 2.51. The largest absolute Gasteiger partial charge is 0.396 e. The highest BCUT2D eigenvalue weighted by atomic mass is 16.3. The van der Waals surface area contributed by atoms with Crippen LogP contribution >= 0.6 is 0 Å². The maximum absolute atomic E-state index is 9.33. The van der Waals surface area contributed by atoms with Crippen LogP contribution in [-0.2, 0) is 0 Å². The van der Waals surface area contributed by atoms with Gasteiger partial charge in [-0.1, -0.05) is 19.6 Å². The molecule has 0 bridgehead atoms. The van der Waals surface area contributed by atoms with Gasteiger partial charge < -0.3 is 5.11 Å². The number of rotatable bonds is 3. The molecule has 1 atom stereocenters. The molecule has 16 heavy (non-hydrogen) atoms. The highest BCUT2D eigenvalue weighted by Crippen LogP contribution is 2.31. The van der Waals surface area contributed by atoms with Gasteiger partial charge in [-0.2, -0.15) is 0 Å². The Kier molecular flexibility index (Phi) is 3.93. The molecule has 1 heteroatoms. The van der Waals surface area contributed by atoms with Crippen molar-refractivity contribution in [2.24, 2.45) is 0 Å². The predicted octanol–water partition coefficient (Wildman–Crippen LogP) is 3.66. The molecule has 0 radical (unpaired) electrons. The van der Waals surface area contributed by atoms with Crippen molar-refractivity contribution in [3.05, 3.63) is 40.0 Å². The summed E-state index contributed by atoms with van der Waals surface area (Å²) in [6.45, 7) is 14.7. The predicted molar refractivity (Wildman–Crippen MR) is 71.0 cm³/mol. The smallest absolute Gasteiger partial charge is 0.0497 e. The average Bonchev–Trinajstić information content (AvgIpc) is 2.27. The fraction of sp³-hybridized carbons (Fsp3) is 0.467. The van der Waals surface area contributed by atoms with Crippen molar-refractivity contribution < 1.29 is 5.11 Å². The third kappa shape index (κ3) is 1.92. The highest BCUT2D eigenvalue weighted by molar-refractivity contribution is 5.63. The summed E-state index contributed by atoms with van der Waals surface area (Å²) in [6.07, 6.45) is 1.93. The summed E-state index contributed by atoms with van der Waals surface area (Å²) >= 11 is 0. The van der Waals surface area contributed by atoms with Crippen molar-refractivity contribution in [1.82, 2.24) is 0 Å². The van der Waals surface area contributed by atoms with Crippen LogP contribution in [-0.4, -0.2) is 11.7 Å². The van der Waals surface area contributed by atoms with Crippen molar-refractivity contribution in [1.29, 1.82) is 0 Å². The second kappa shape index (κ2) is 4.84. The van der Waals surface area contributed by atoms with Crippen LogP contribution < -0.4 is 0 Å². The minimum atomic E-state index is 0.202. The summed E-state index contributed by atoms with van der Waals surface area (Å²) in [6, 6.07) is 0. The quantitative estimate of drug-likeness (QED) is 0.821. The van der Waals surface area contributed by atoms with Crippen LogP contribution in [0.15, 0.2) is 6.58 Å². The Morgan fingerprint density at radius 2 is 1.50 bits per heavy atom. The summed E-state index contributed by atoms with van der Waals surface area (Å²) in [5.74, 6) is 0.205. The lowest BCUT2D eigenvalue weighted by molar-refractivity contribution is 0.272. The van der Waals surface area contributed by atoms with Gasteiger partial charge in [0.25, 0.3) is 0 Å². The zero-order valence-corrected chi connectivity index (χ0v) is 11.0. The molecule has 0 aliphatic rings. The van der Waals surface area contributed by atoms with Gasteiger partial charge in [0.05, 0.1) is 0 Å². The maximum Gasteiger partial charge on any atom is 0.0497 e. The van der Waals surface area contributed by atoms with Crippen molar-refractivity contribution in [3.8, 4) is 0 Å². The van der Waals surface area contributed by atoms with E-state index in [4.69, 9.17) is 0 Å². The molecule has 1 aromatic carbocycles. The van der Waals surface area contributed by atoms with E-state index in [1.165, 1.54) is 33.4 Å². The van der Waals surface area contributed by atoms with Gasteiger partial charge in [-0.05, 0) is 61.1 Å². The number of hydrogen-bond acceptors (Lipinski definition) is 1. The first-order valence-corrected chi connectivity index (χ1v) is 5.79. The molecule has 0 amide bonds. The molecule has 1 aromatic rings. The van der Waals surface area contributed by atoms with Gasteiger partial charge in [0, 0.05) is 12.5 Å². The molecule has 0 saturated heterocycles. The maximum atomic E-state index is 9.33. The van der Waals surface area contributed by atoms with Crippen LogP contribution in [0, 0.1) is 27.7 Å². The first kappa shape index (κ1) is 13.0. The van der Waals surface area contributed by atoms with Gasteiger partial charge in [0.15, 0.2) is 0 Å². The summed E-state index contributed by atoms with van der Waals surface area (Å²) < 4.78 is 0. The number of benzene rings is 1. The van der Waals surface area contributed by atoms with Gasteiger partial charge in [0.2, 0.25) is 0 Å². The number of hydrogen-bond donors (Lipinski definition) is 1. The fourth-order valence-corrected chi connectivity index (χ4v) is 2.51. The molecule has 0 aromatic heterocycles. The van der Waals surface area contributed by atoms with E-state index >= 15 is 0 Å². The second-order valence-electron chi connectivity index (χ2n) is 4.62. The molecule has 0 fully saturated rings. The van der Waals surface area contributed by atoms with E-state index in [1.807, 2.05) is 6.08 Å². The lowest BCUT2D eigenvalue weighted by Gasteiger charge is -2.22. The molecule has 0 heterocycles. The second-order valence-corrected chi connectivity index (χ2v) is 4.62. The zero-order valence-electron chi connectivity index (χ0n) is 11.0. The van der Waals surface area contributed by atoms with Gasteiger partial charge >= 0.3 is 0 Å². The molecule has 1 rings (SSSR count). The third-order valence-corrected chi connectivity index (χ3v) is 3.71. The van der Waals surface area contributed by atoms with Gasteiger partial charge in [-0.25, -0.2) is 0 Å². The Bertz CT molecular complexity index is 387. The zero-order chi connectivity index (χ0) is 12.5. The van der Waals surface area contributed by atoms with E-state index in [0.29, 0.717) is 0 Å². The van der Waals surface area contributed by atoms with Crippen LogP contribution in [0.3, 0.4) is 0 Å². The summed E-state index contributed by atoms with van der Waals surface area (Å²) in [7, 11) is 0. The van der Waals surface area contributed by atoms with Crippen LogP contribution in [0.2, 0.25) is 0 Å². The lowest BCUT2D eigenvalue weighted by atomic mass is 9.84. The van der Waals surface area contributed by atoms with E-state index in [2.05, 4.69) is 41.2 Å². The minimum Gasteiger partial charge on any atom is -0.396 e. The number of aliphatic hydroxyl groups is 1.